The largest absolute Gasteiger partial charge is 0.487 e. The smallest absolute Gasteiger partial charge is 0.307 e. The van der Waals surface area contributed by atoms with Crippen molar-refractivity contribution < 1.29 is 23.4 Å². The fraction of sp³-hybridized carbons (Fsp3) is 0.188. The minimum Gasteiger partial charge on any atom is -0.487 e. The molecule has 0 spiro atoms. The van der Waals surface area contributed by atoms with Crippen molar-refractivity contribution in [3.8, 4) is 5.75 Å². The van der Waals surface area contributed by atoms with Gasteiger partial charge in [0.15, 0.2) is 6.61 Å². The standard InChI is InChI=1S/C16H14F2O3/c17-16(18,13-4-2-1-3-5-13)11-21-14-8-6-12(7-9-14)10-15(19)20/h1-9H,10-11H2,(H,19,20). The zero-order valence-electron chi connectivity index (χ0n) is 11.1. The summed E-state index contributed by atoms with van der Waals surface area (Å²) in [4.78, 5) is 10.5. The monoisotopic (exact) mass is 292 g/mol. The maximum Gasteiger partial charge on any atom is 0.307 e. The highest BCUT2D eigenvalue weighted by atomic mass is 19.3. The Hall–Kier alpha value is -2.43. The molecule has 0 amide bonds. The molecule has 0 saturated heterocycles. The molecule has 0 bridgehead atoms. The minimum absolute atomic E-state index is 0.104. The Morgan fingerprint density at radius 3 is 2.24 bits per heavy atom. The third-order valence-corrected chi connectivity index (χ3v) is 2.89. The predicted molar refractivity (Wildman–Crippen MR) is 73.6 cm³/mol. The summed E-state index contributed by atoms with van der Waals surface area (Å²) in [6, 6.07) is 13.5. The van der Waals surface area contributed by atoms with E-state index >= 15 is 0 Å². The number of carboxylic acids is 1. The van der Waals surface area contributed by atoms with Crippen LogP contribution in [0.3, 0.4) is 0 Å². The summed E-state index contributed by atoms with van der Waals surface area (Å²) in [7, 11) is 0. The lowest BCUT2D eigenvalue weighted by Crippen LogP contribution is -2.23. The quantitative estimate of drug-likeness (QED) is 0.886. The molecule has 2 rings (SSSR count). The fourth-order valence-electron chi connectivity index (χ4n) is 1.82. The van der Waals surface area contributed by atoms with Crippen LogP contribution in [-0.4, -0.2) is 17.7 Å². The average molecular weight is 292 g/mol. The van der Waals surface area contributed by atoms with E-state index in [1.807, 2.05) is 0 Å². The zero-order chi connectivity index (χ0) is 15.3. The average Bonchev–Trinajstić information content (AvgIpc) is 2.47. The Balaban J connectivity index is 1.98. The molecule has 2 aromatic rings. The third-order valence-electron chi connectivity index (χ3n) is 2.89. The Bertz CT molecular complexity index is 595. The lowest BCUT2D eigenvalue weighted by Gasteiger charge is -2.17. The van der Waals surface area contributed by atoms with Crippen LogP contribution in [0.2, 0.25) is 0 Å². The first-order valence-electron chi connectivity index (χ1n) is 6.34. The van der Waals surface area contributed by atoms with E-state index in [9.17, 15) is 13.6 Å². The van der Waals surface area contributed by atoms with Crippen LogP contribution in [0.4, 0.5) is 8.78 Å². The number of benzene rings is 2. The van der Waals surface area contributed by atoms with Gasteiger partial charge in [-0.25, -0.2) is 0 Å². The van der Waals surface area contributed by atoms with Gasteiger partial charge in [-0.05, 0) is 17.7 Å². The van der Waals surface area contributed by atoms with Gasteiger partial charge in [-0.2, -0.15) is 8.78 Å². The van der Waals surface area contributed by atoms with E-state index < -0.39 is 18.5 Å². The molecule has 0 aliphatic rings. The van der Waals surface area contributed by atoms with Gasteiger partial charge in [0.2, 0.25) is 0 Å². The topological polar surface area (TPSA) is 46.5 Å². The van der Waals surface area contributed by atoms with Gasteiger partial charge in [-0.1, -0.05) is 42.5 Å². The van der Waals surface area contributed by atoms with Crippen molar-refractivity contribution in [2.24, 2.45) is 0 Å². The van der Waals surface area contributed by atoms with Crippen molar-refractivity contribution in [1.29, 1.82) is 0 Å². The van der Waals surface area contributed by atoms with Crippen molar-refractivity contribution >= 4 is 5.97 Å². The Kier molecular flexibility index (Phi) is 4.52. The number of aliphatic carboxylic acids is 1. The van der Waals surface area contributed by atoms with Gasteiger partial charge >= 0.3 is 11.9 Å². The van der Waals surface area contributed by atoms with Gasteiger partial charge in [0.05, 0.1) is 6.42 Å². The summed E-state index contributed by atoms with van der Waals surface area (Å²) in [5.74, 6) is -3.75. The summed E-state index contributed by atoms with van der Waals surface area (Å²) in [6.45, 7) is -0.769. The number of rotatable bonds is 6. The molecule has 110 valence electrons. The maximum atomic E-state index is 13.9. The molecule has 0 unspecified atom stereocenters. The van der Waals surface area contributed by atoms with Gasteiger partial charge in [-0.15, -0.1) is 0 Å². The van der Waals surface area contributed by atoms with Crippen molar-refractivity contribution in [1.82, 2.24) is 0 Å². The lowest BCUT2D eigenvalue weighted by molar-refractivity contribution is -0.136. The van der Waals surface area contributed by atoms with Crippen molar-refractivity contribution in [2.75, 3.05) is 6.61 Å². The first-order chi connectivity index (χ1) is 9.97. The van der Waals surface area contributed by atoms with Gasteiger partial charge in [-0.3, -0.25) is 4.79 Å². The highest BCUT2D eigenvalue weighted by Crippen LogP contribution is 2.28. The molecular formula is C16H14F2O3. The number of carbonyl (C=O) groups is 1. The molecule has 1 N–H and O–H groups in total. The van der Waals surface area contributed by atoms with Crippen LogP contribution >= 0.6 is 0 Å². The Labute approximate surface area is 120 Å². The molecule has 0 aliphatic carbocycles. The molecule has 0 fully saturated rings. The molecule has 21 heavy (non-hydrogen) atoms. The van der Waals surface area contributed by atoms with E-state index in [0.29, 0.717) is 5.56 Å². The second-order valence-corrected chi connectivity index (χ2v) is 4.57. The van der Waals surface area contributed by atoms with Crippen molar-refractivity contribution in [3.63, 3.8) is 0 Å². The maximum absolute atomic E-state index is 13.9. The predicted octanol–water partition coefficient (Wildman–Crippen LogP) is 3.48. The van der Waals surface area contributed by atoms with E-state index in [0.717, 1.165) is 0 Å². The normalized spacial score (nSPS) is 11.1. The minimum atomic E-state index is -3.08. The van der Waals surface area contributed by atoms with Crippen LogP contribution in [0.25, 0.3) is 0 Å². The number of halogens is 2. The molecule has 0 aromatic heterocycles. The first kappa shape index (κ1) is 15.0. The number of alkyl halides is 2. The van der Waals surface area contributed by atoms with Crippen LogP contribution in [-0.2, 0) is 17.1 Å². The molecule has 0 radical (unpaired) electrons. The lowest BCUT2D eigenvalue weighted by atomic mass is 10.1. The van der Waals surface area contributed by atoms with Gasteiger partial charge in [0, 0.05) is 5.56 Å². The van der Waals surface area contributed by atoms with Gasteiger partial charge in [0.1, 0.15) is 5.75 Å². The third kappa shape index (κ3) is 4.27. The highest BCUT2D eigenvalue weighted by Gasteiger charge is 2.32. The Morgan fingerprint density at radius 2 is 1.67 bits per heavy atom. The molecule has 2 aromatic carbocycles. The molecule has 0 atom stereocenters. The number of hydrogen-bond donors (Lipinski definition) is 1. The van der Waals surface area contributed by atoms with E-state index in [1.165, 1.54) is 24.3 Å². The summed E-state index contributed by atoms with van der Waals surface area (Å²) in [5.41, 5.74) is 0.483. The number of carboxylic acid groups (broad SMARTS) is 1. The van der Waals surface area contributed by atoms with Crippen LogP contribution < -0.4 is 4.74 Å². The van der Waals surface area contributed by atoms with Gasteiger partial charge < -0.3 is 9.84 Å². The summed E-state index contributed by atoms with van der Waals surface area (Å²) < 4.78 is 32.9. The second-order valence-electron chi connectivity index (χ2n) is 4.57. The molecule has 5 heteroatoms. The summed E-state index contributed by atoms with van der Waals surface area (Å²) in [5, 5.41) is 8.64. The molecule has 3 nitrogen and oxygen atoms in total. The van der Waals surface area contributed by atoms with E-state index in [4.69, 9.17) is 9.84 Å². The summed E-state index contributed by atoms with van der Waals surface area (Å²) >= 11 is 0. The fourth-order valence-corrected chi connectivity index (χ4v) is 1.82. The zero-order valence-corrected chi connectivity index (χ0v) is 11.1. The van der Waals surface area contributed by atoms with E-state index in [-0.39, 0.29) is 17.7 Å². The highest BCUT2D eigenvalue weighted by molar-refractivity contribution is 5.70. The Morgan fingerprint density at radius 1 is 1.05 bits per heavy atom. The van der Waals surface area contributed by atoms with Crippen LogP contribution in [0.1, 0.15) is 11.1 Å². The molecule has 0 heterocycles. The first-order valence-corrected chi connectivity index (χ1v) is 6.34. The summed E-state index contributed by atoms with van der Waals surface area (Å²) in [6.07, 6.45) is -0.111. The molecule has 0 saturated carbocycles. The number of ether oxygens (including phenoxy) is 1. The number of hydrogen-bond acceptors (Lipinski definition) is 2. The van der Waals surface area contributed by atoms with Crippen LogP contribution in [0.15, 0.2) is 54.6 Å². The second kappa shape index (κ2) is 6.35. The molecular weight excluding hydrogens is 278 g/mol. The van der Waals surface area contributed by atoms with Crippen molar-refractivity contribution in [2.45, 2.75) is 12.3 Å². The van der Waals surface area contributed by atoms with Gasteiger partial charge in [0.25, 0.3) is 0 Å². The van der Waals surface area contributed by atoms with Crippen LogP contribution in [0, 0.1) is 0 Å². The SMILES string of the molecule is O=C(O)Cc1ccc(OCC(F)(F)c2ccccc2)cc1. The van der Waals surface area contributed by atoms with Crippen LogP contribution in [0.5, 0.6) is 5.75 Å². The van der Waals surface area contributed by atoms with E-state index in [1.54, 1.807) is 30.3 Å². The molecule has 0 aliphatic heterocycles. The van der Waals surface area contributed by atoms with E-state index in [2.05, 4.69) is 0 Å². The van der Waals surface area contributed by atoms with Crippen molar-refractivity contribution in [3.05, 3.63) is 65.7 Å².